The van der Waals surface area contributed by atoms with Gasteiger partial charge in [0.1, 0.15) is 5.78 Å². The number of amides is 2. The van der Waals surface area contributed by atoms with Crippen molar-refractivity contribution in [3.8, 4) is 0 Å². The van der Waals surface area contributed by atoms with Gasteiger partial charge in [0.2, 0.25) is 11.8 Å². The summed E-state index contributed by atoms with van der Waals surface area (Å²) in [5.74, 6) is 0.719. The molecule has 0 bridgehead atoms. The van der Waals surface area contributed by atoms with Crippen molar-refractivity contribution in [2.75, 3.05) is 26.0 Å². The Labute approximate surface area is 158 Å². The smallest absolute Gasteiger partial charge is 0.312 e. The van der Waals surface area contributed by atoms with Gasteiger partial charge in [0, 0.05) is 38.3 Å². The number of hydrogen-bond donors (Lipinski definition) is 2. The van der Waals surface area contributed by atoms with Crippen LogP contribution in [0.25, 0.3) is 0 Å². The van der Waals surface area contributed by atoms with E-state index < -0.39 is 13.0 Å². The van der Waals surface area contributed by atoms with Crippen LogP contribution in [0.4, 0.5) is 0 Å². The fraction of sp³-hybridized carbons (Fsp3) is 0.812. The minimum atomic E-state index is -3.76. The van der Waals surface area contributed by atoms with Crippen LogP contribution in [0.3, 0.4) is 0 Å². The zero-order valence-corrected chi connectivity index (χ0v) is 16.9. The van der Waals surface area contributed by atoms with E-state index >= 15 is 0 Å². The summed E-state index contributed by atoms with van der Waals surface area (Å²) < 4.78 is 15.7. The molecule has 1 aliphatic heterocycles. The van der Waals surface area contributed by atoms with Crippen LogP contribution in [0.2, 0.25) is 0 Å². The summed E-state index contributed by atoms with van der Waals surface area (Å²) >= 11 is 1.31. The number of hydrogen-bond acceptors (Lipinski definition) is 6. The standard InChI is InChI=1S/C16H27N2O6PS/c1-11(19)13-5-3-12(4-6-13)10-18-15(20)9-14(16(18)21)26-8-7-17-25(22,23)24-2/h12-14H,3-10H2,1-2H3,(H2,17,22,23). The molecule has 0 spiro atoms. The van der Waals surface area contributed by atoms with Crippen LogP contribution < -0.4 is 5.09 Å². The number of rotatable bonds is 9. The van der Waals surface area contributed by atoms with E-state index in [9.17, 15) is 23.8 Å². The first-order chi connectivity index (χ1) is 12.2. The van der Waals surface area contributed by atoms with Crippen LogP contribution in [0, 0.1) is 11.8 Å². The molecule has 0 aromatic heterocycles. The van der Waals surface area contributed by atoms with E-state index in [1.807, 2.05) is 0 Å². The molecule has 2 rings (SSSR count). The first-order valence-electron chi connectivity index (χ1n) is 8.83. The normalized spacial score (nSPS) is 29.0. The topological polar surface area (TPSA) is 113 Å². The lowest BCUT2D eigenvalue weighted by atomic mass is 9.80. The van der Waals surface area contributed by atoms with Crippen molar-refractivity contribution < 1.29 is 28.4 Å². The first kappa shape index (κ1) is 21.6. The van der Waals surface area contributed by atoms with Gasteiger partial charge in [-0.15, -0.1) is 11.8 Å². The van der Waals surface area contributed by atoms with Crippen LogP contribution in [0.1, 0.15) is 39.0 Å². The number of Topliss-reactive ketones (excluding diaryl/α,β-unsaturated/α-hetero) is 1. The molecule has 0 aromatic carbocycles. The monoisotopic (exact) mass is 406 g/mol. The third kappa shape index (κ3) is 5.89. The van der Waals surface area contributed by atoms with Crippen molar-refractivity contribution in [2.24, 2.45) is 11.8 Å². The number of imide groups is 1. The maximum atomic E-state index is 12.5. The van der Waals surface area contributed by atoms with Gasteiger partial charge in [0.25, 0.3) is 0 Å². The minimum Gasteiger partial charge on any atom is -0.312 e. The Morgan fingerprint density at radius 2 is 2.00 bits per heavy atom. The molecule has 1 aliphatic carbocycles. The SMILES string of the molecule is COP(=O)(O)NCCSC1CC(=O)N(CC2CCC(C(C)=O)CC2)C1=O. The fourth-order valence-electron chi connectivity index (χ4n) is 3.44. The number of nitrogens with one attached hydrogen (secondary N) is 1. The molecule has 26 heavy (non-hydrogen) atoms. The van der Waals surface area contributed by atoms with E-state index in [4.69, 9.17) is 0 Å². The number of thioether (sulfide) groups is 1. The van der Waals surface area contributed by atoms with E-state index in [-0.39, 0.29) is 42.4 Å². The molecule has 2 atom stereocenters. The lowest BCUT2D eigenvalue weighted by molar-refractivity contribution is -0.139. The highest BCUT2D eigenvalue weighted by Gasteiger charge is 2.40. The lowest BCUT2D eigenvalue weighted by Gasteiger charge is -2.29. The lowest BCUT2D eigenvalue weighted by Crippen LogP contribution is -2.37. The van der Waals surface area contributed by atoms with Crippen LogP contribution in [-0.2, 0) is 23.5 Å². The van der Waals surface area contributed by atoms with Gasteiger partial charge in [-0.05, 0) is 38.5 Å². The predicted molar refractivity (Wildman–Crippen MR) is 98.5 cm³/mol. The summed E-state index contributed by atoms with van der Waals surface area (Å²) in [6, 6.07) is 0. The summed E-state index contributed by atoms with van der Waals surface area (Å²) in [4.78, 5) is 46.7. The largest absolute Gasteiger partial charge is 0.402 e. The molecule has 1 heterocycles. The van der Waals surface area contributed by atoms with E-state index in [2.05, 4.69) is 9.61 Å². The third-order valence-corrected chi connectivity index (χ3v) is 7.37. The molecule has 8 nitrogen and oxygen atoms in total. The second kappa shape index (κ2) is 9.46. The average Bonchev–Trinajstić information content (AvgIpc) is 2.87. The van der Waals surface area contributed by atoms with Gasteiger partial charge in [-0.3, -0.25) is 19.3 Å². The highest BCUT2D eigenvalue weighted by Crippen LogP contribution is 2.35. The first-order valence-corrected chi connectivity index (χ1v) is 11.5. The van der Waals surface area contributed by atoms with Crippen molar-refractivity contribution in [3.05, 3.63) is 0 Å². The number of ketones is 1. The van der Waals surface area contributed by atoms with Gasteiger partial charge < -0.3 is 9.42 Å². The molecule has 0 aromatic rings. The van der Waals surface area contributed by atoms with Crippen LogP contribution in [0.5, 0.6) is 0 Å². The van der Waals surface area contributed by atoms with Gasteiger partial charge in [-0.25, -0.2) is 9.65 Å². The Balaban J connectivity index is 1.76. The predicted octanol–water partition coefficient (Wildman–Crippen LogP) is 1.58. The molecular weight excluding hydrogens is 379 g/mol. The van der Waals surface area contributed by atoms with E-state index in [0.717, 1.165) is 32.8 Å². The second-order valence-electron chi connectivity index (χ2n) is 6.85. The van der Waals surface area contributed by atoms with Crippen molar-refractivity contribution in [2.45, 2.75) is 44.3 Å². The number of likely N-dealkylation sites (tertiary alicyclic amines) is 1. The highest BCUT2D eigenvalue weighted by molar-refractivity contribution is 8.00. The molecule has 1 saturated heterocycles. The van der Waals surface area contributed by atoms with Gasteiger partial charge in [0.05, 0.1) is 5.25 Å². The fourth-order valence-corrected chi connectivity index (χ4v) is 5.15. The van der Waals surface area contributed by atoms with Crippen LogP contribution in [-0.4, -0.2) is 58.6 Å². The molecule has 2 aliphatic rings. The van der Waals surface area contributed by atoms with Crippen LogP contribution >= 0.6 is 19.5 Å². The van der Waals surface area contributed by atoms with Crippen molar-refractivity contribution in [1.29, 1.82) is 0 Å². The molecule has 0 radical (unpaired) electrons. The molecule has 2 unspecified atom stereocenters. The van der Waals surface area contributed by atoms with E-state index in [1.165, 1.54) is 16.7 Å². The summed E-state index contributed by atoms with van der Waals surface area (Å²) in [5, 5.41) is 1.95. The van der Waals surface area contributed by atoms with Crippen molar-refractivity contribution >= 4 is 37.1 Å². The summed E-state index contributed by atoms with van der Waals surface area (Å²) in [6.45, 7) is 2.27. The Morgan fingerprint density at radius 1 is 1.35 bits per heavy atom. The summed E-state index contributed by atoms with van der Waals surface area (Å²) in [5.41, 5.74) is 0. The van der Waals surface area contributed by atoms with E-state index in [0.29, 0.717) is 12.3 Å². The van der Waals surface area contributed by atoms with Gasteiger partial charge in [0.15, 0.2) is 0 Å². The Hall–Kier alpha value is -0.730. The Morgan fingerprint density at radius 3 is 2.58 bits per heavy atom. The summed E-state index contributed by atoms with van der Waals surface area (Å²) in [7, 11) is -2.62. The molecule has 1 saturated carbocycles. The number of carbonyl (C=O) groups is 3. The van der Waals surface area contributed by atoms with Crippen molar-refractivity contribution in [1.82, 2.24) is 9.99 Å². The average molecular weight is 406 g/mol. The Kier molecular flexibility index (Phi) is 7.85. The second-order valence-corrected chi connectivity index (χ2v) is 9.88. The zero-order valence-electron chi connectivity index (χ0n) is 15.2. The molecular formula is C16H27N2O6PS. The van der Waals surface area contributed by atoms with E-state index in [1.54, 1.807) is 6.92 Å². The molecule has 2 fully saturated rings. The molecule has 2 amide bonds. The van der Waals surface area contributed by atoms with Gasteiger partial charge in [-0.2, -0.15) is 0 Å². The van der Waals surface area contributed by atoms with Crippen LogP contribution in [0.15, 0.2) is 0 Å². The summed E-state index contributed by atoms with van der Waals surface area (Å²) in [6.07, 6.45) is 3.58. The number of carbonyl (C=O) groups excluding carboxylic acids is 3. The maximum absolute atomic E-state index is 12.5. The molecule has 148 valence electrons. The van der Waals surface area contributed by atoms with Crippen molar-refractivity contribution in [3.63, 3.8) is 0 Å². The molecule has 2 N–H and O–H groups in total. The minimum absolute atomic E-state index is 0.127. The highest BCUT2D eigenvalue weighted by atomic mass is 32.2. The van der Waals surface area contributed by atoms with Gasteiger partial charge >= 0.3 is 7.75 Å². The van der Waals surface area contributed by atoms with Gasteiger partial charge in [-0.1, -0.05) is 0 Å². The number of nitrogens with zero attached hydrogens (tertiary/aromatic N) is 1. The third-order valence-electron chi connectivity index (χ3n) is 5.05. The Bertz CT molecular complexity index is 593. The quantitative estimate of drug-likeness (QED) is 0.337. The maximum Gasteiger partial charge on any atom is 0.402 e. The molecule has 10 heteroatoms. The zero-order chi connectivity index (χ0) is 19.3.